The first-order valence-corrected chi connectivity index (χ1v) is 5.71. The molecule has 0 aliphatic rings. The molecule has 1 heterocycles. The molecule has 0 radical (unpaired) electrons. The van der Waals surface area contributed by atoms with Gasteiger partial charge in [-0.1, -0.05) is 6.07 Å². The van der Waals surface area contributed by atoms with Gasteiger partial charge in [-0.2, -0.15) is 0 Å². The Hall–Kier alpha value is -1.26. The van der Waals surface area contributed by atoms with Crippen molar-refractivity contribution in [2.75, 3.05) is 12.4 Å². The molecule has 2 N–H and O–H groups in total. The molecule has 0 saturated heterocycles. The van der Waals surface area contributed by atoms with Crippen LogP contribution < -0.4 is 11.1 Å². The topological polar surface area (TPSA) is 58.0 Å². The van der Waals surface area contributed by atoms with Crippen molar-refractivity contribution < 1.29 is 4.42 Å². The van der Waals surface area contributed by atoms with Crippen molar-refractivity contribution in [3.8, 4) is 0 Å². The highest BCUT2D eigenvalue weighted by Gasteiger charge is 2.01. The van der Waals surface area contributed by atoms with Crippen molar-refractivity contribution in [1.29, 1.82) is 0 Å². The molecule has 0 unspecified atom stereocenters. The Kier molecular flexibility index (Phi) is 3.64. The van der Waals surface area contributed by atoms with Crippen LogP contribution >= 0.6 is 11.6 Å². The minimum Gasteiger partial charge on any atom is -0.408 e. The summed E-state index contributed by atoms with van der Waals surface area (Å²) in [5.74, 6) is 0.253. The van der Waals surface area contributed by atoms with Gasteiger partial charge in [0.2, 0.25) is 0 Å². The highest BCUT2D eigenvalue weighted by molar-refractivity contribution is 6.17. The lowest BCUT2D eigenvalue weighted by molar-refractivity contribution is 0.555. The van der Waals surface area contributed by atoms with Gasteiger partial charge in [-0.25, -0.2) is 4.79 Å². The summed E-state index contributed by atoms with van der Waals surface area (Å²) in [6.07, 6.45) is 0.951. The Bertz CT molecular complexity index is 518. The molecule has 0 bridgehead atoms. The van der Waals surface area contributed by atoms with E-state index in [0.29, 0.717) is 11.5 Å². The van der Waals surface area contributed by atoms with Gasteiger partial charge in [0.1, 0.15) is 0 Å². The number of rotatable bonds is 5. The van der Waals surface area contributed by atoms with Gasteiger partial charge in [0, 0.05) is 12.4 Å². The Morgan fingerprint density at radius 2 is 2.31 bits per heavy atom. The lowest BCUT2D eigenvalue weighted by atomic mass is 10.2. The molecule has 0 saturated carbocycles. The second-order valence-corrected chi connectivity index (χ2v) is 3.94. The van der Waals surface area contributed by atoms with E-state index in [4.69, 9.17) is 16.0 Å². The van der Waals surface area contributed by atoms with Crippen molar-refractivity contribution in [2.24, 2.45) is 0 Å². The van der Waals surface area contributed by atoms with E-state index < -0.39 is 5.76 Å². The number of halogens is 1. The van der Waals surface area contributed by atoms with Crippen LogP contribution in [-0.2, 0) is 6.54 Å². The summed E-state index contributed by atoms with van der Waals surface area (Å²) < 4.78 is 4.92. The zero-order chi connectivity index (χ0) is 11.4. The molecule has 0 aliphatic heterocycles. The molecule has 1 aromatic carbocycles. The number of nitrogens with one attached hydrogen (secondary N) is 2. The lowest BCUT2D eigenvalue weighted by Crippen LogP contribution is -2.14. The van der Waals surface area contributed by atoms with Crippen molar-refractivity contribution >= 4 is 22.7 Å². The third-order valence-electron chi connectivity index (χ3n) is 2.30. The predicted molar refractivity (Wildman–Crippen MR) is 63.9 cm³/mol. The standard InChI is InChI=1S/C11H13ClN2O2/c12-4-1-5-13-7-8-2-3-10-9(6-8)14-11(15)16-10/h2-3,6,13H,1,4-5,7H2,(H,14,15). The average Bonchev–Trinajstić information content (AvgIpc) is 2.64. The zero-order valence-corrected chi connectivity index (χ0v) is 9.51. The fraction of sp³-hybridized carbons (Fsp3) is 0.364. The minimum atomic E-state index is -0.415. The largest absolute Gasteiger partial charge is 0.417 e. The molecule has 2 rings (SSSR count). The van der Waals surface area contributed by atoms with Crippen molar-refractivity contribution in [2.45, 2.75) is 13.0 Å². The first kappa shape index (κ1) is 11.2. The number of fused-ring (bicyclic) bond motifs is 1. The summed E-state index contributed by atoms with van der Waals surface area (Å²) in [4.78, 5) is 13.6. The zero-order valence-electron chi connectivity index (χ0n) is 8.75. The second-order valence-electron chi connectivity index (χ2n) is 3.56. The fourth-order valence-corrected chi connectivity index (χ4v) is 1.67. The van der Waals surface area contributed by atoms with Crippen LogP contribution in [0, 0.1) is 0 Å². The summed E-state index contributed by atoms with van der Waals surface area (Å²) in [6.45, 7) is 1.66. The number of benzene rings is 1. The fourth-order valence-electron chi connectivity index (χ4n) is 1.53. The first-order valence-electron chi connectivity index (χ1n) is 5.18. The molecule has 0 spiro atoms. The SMILES string of the molecule is O=c1[nH]c2cc(CNCCCCl)ccc2o1. The Morgan fingerprint density at radius 1 is 1.44 bits per heavy atom. The first-order chi connectivity index (χ1) is 7.79. The van der Waals surface area contributed by atoms with E-state index in [-0.39, 0.29) is 0 Å². The maximum atomic E-state index is 10.9. The molecular formula is C11H13ClN2O2. The van der Waals surface area contributed by atoms with Crippen LogP contribution in [0.4, 0.5) is 0 Å². The second kappa shape index (κ2) is 5.18. The van der Waals surface area contributed by atoms with Crippen molar-refractivity contribution in [1.82, 2.24) is 10.3 Å². The summed E-state index contributed by atoms with van der Waals surface area (Å²) in [6, 6.07) is 5.65. The predicted octanol–water partition coefficient (Wildman–Crippen LogP) is 1.84. The van der Waals surface area contributed by atoms with Crippen LogP contribution in [0.3, 0.4) is 0 Å². The number of H-pyrrole nitrogens is 1. The maximum absolute atomic E-state index is 10.9. The normalized spacial score (nSPS) is 11.1. The summed E-state index contributed by atoms with van der Waals surface area (Å²) in [5.41, 5.74) is 2.44. The van der Waals surface area contributed by atoms with Gasteiger partial charge < -0.3 is 9.73 Å². The Labute approximate surface area is 97.6 Å². The van der Waals surface area contributed by atoms with Gasteiger partial charge in [-0.15, -0.1) is 11.6 Å². The minimum absolute atomic E-state index is 0.415. The van der Waals surface area contributed by atoms with E-state index in [0.717, 1.165) is 30.6 Å². The third-order valence-corrected chi connectivity index (χ3v) is 2.57. The molecule has 4 nitrogen and oxygen atoms in total. The van der Waals surface area contributed by atoms with E-state index >= 15 is 0 Å². The van der Waals surface area contributed by atoms with Gasteiger partial charge in [0.15, 0.2) is 5.58 Å². The lowest BCUT2D eigenvalue weighted by Gasteiger charge is -2.02. The van der Waals surface area contributed by atoms with Crippen molar-refractivity contribution in [3.05, 3.63) is 34.3 Å². The summed E-state index contributed by atoms with van der Waals surface area (Å²) in [7, 11) is 0. The number of hydrogen-bond acceptors (Lipinski definition) is 3. The van der Waals surface area contributed by atoms with Gasteiger partial charge in [-0.05, 0) is 30.7 Å². The Morgan fingerprint density at radius 3 is 3.12 bits per heavy atom. The summed E-state index contributed by atoms with van der Waals surface area (Å²) in [5, 5.41) is 3.27. The number of alkyl halides is 1. The molecule has 0 aliphatic carbocycles. The van der Waals surface area contributed by atoms with E-state index in [2.05, 4.69) is 10.3 Å². The molecule has 0 amide bonds. The Balaban J connectivity index is 2.04. The molecule has 0 fully saturated rings. The average molecular weight is 241 g/mol. The number of hydrogen-bond donors (Lipinski definition) is 2. The van der Waals surface area contributed by atoms with Crippen LogP contribution in [0.1, 0.15) is 12.0 Å². The molecule has 2 aromatic rings. The van der Waals surface area contributed by atoms with E-state index in [9.17, 15) is 4.79 Å². The van der Waals surface area contributed by atoms with Crippen LogP contribution in [0.15, 0.2) is 27.4 Å². The quantitative estimate of drug-likeness (QED) is 0.619. The van der Waals surface area contributed by atoms with Crippen LogP contribution in [-0.4, -0.2) is 17.4 Å². The molecule has 86 valence electrons. The highest BCUT2D eigenvalue weighted by atomic mass is 35.5. The maximum Gasteiger partial charge on any atom is 0.417 e. The van der Waals surface area contributed by atoms with Gasteiger partial charge in [-0.3, -0.25) is 4.98 Å². The third kappa shape index (κ3) is 2.65. The van der Waals surface area contributed by atoms with Gasteiger partial charge in [0.05, 0.1) is 5.52 Å². The van der Waals surface area contributed by atoms with Gasteiger partial charge in [0.25, 0.3) is 0 Å². The molecule has 16 heavy (non-hydrogen) atoms. The number of oxazole rings is 1. The smallest absolute Gasteiger partial charge is 0.408 e. The van der Waals surface area contributed by atoms with E-state index in [1.54, 1.807) is 6.07 Å². The molecular weight excluding hydrogens is 228 g/mol. The molecule has 5 heteroatoms. The monoisotopic (exact) mass is 240 g/mol. The van der Waals surface area contributed by atoms with E-state index in [1.807, 2.05) is 12.1 Å². The van der Waals surface area contributed by atoms with E-state index in [1.165, 1.54) is 0 Å². The summed E-state index contributed by atoms with van der Waals surface area (Å²) >= 11 is 5.57. The van der Waals surface area contributed by atoms with Crippen LogP contribution in [0.25, 0.3) is 11.1 Å². The molecule has 0 atom stereocenters. The van der Waals surface area contributed by atoms with Gasteiger partial charge >= 0.3 is 5.76 Å². The number of aromatic nitrogens is 1. The highest BCUT2D eigenvalue weighted by Crippen LogP contribution is 2.11. The molecule has 1 aromatic heterocycles. The van der Waals surface area contributed by atoms with Crippen molar-refractivity contribution in [3.63, 3.8) is 0 Å². The van der Waals surface area contributed by atoms with Crippen LogP contribution in [0.2, 0.25) is 0 Å². The number of aromatic amines is 1. The van der Waals surface area contributed by atoms with Crippen LogP contribution in [0.5, 0.6) is 0 Å².